The maximum Gasteiger partial charge on any atom is 0.0596 e. The summed E-state index contributed by atoms with van der Waals surface area (Å²) in [6.45, 7) is 4.15. The van der Waals surface area contributed by atoms with Crippen LogP contribution in [-0.2, 0) is 19.0 Å². The number of aromatic nitrogens is 2. The van der Waals surface area contributed by atoms with Gasteiger partial charge in [0.05, 0.1) is 5.69 Å². The van der Waals surface area contributed by atoms with Crippen LogP contribution in [0.3, 0.4) is 0 Å². The molecule has 0 saturated heterocycles. The van der Waals surface area contributed by atoms with Crippen molar-refractivity contribution in [2.75, 3.05) is 0 Å². The van der Waals surface area contributed by atoms with E-state index in [0.717, 1.165) is 18.5 Å². The molecule has 0 spiro atoms. The standard InChI is InChI=1S/C15H21N3/c1-4-15(16,13-8-6-5-7-9-13)11-14-10-12(2)17-18(14)3/h5-10H,4,11,16H2,1-3H3. The van der Waals surface area contributed by atoms with Gasteiger partial charge in [-0.1, -0.05) is 37.3 Å². The molecular formula is C15H21N3. The smallest absolute Gasteiger partial charge is 0.0596 e. The minimum absolute atomic E-state index is 0.318. The Labute approximate surface area is 109 Å². The molecule has 2 N–H and O–H groups in total. The third-order valence-corrected chi connectivity index (χ3v) is 3.58. The van der Waals surface area contributed by atoms with Crippen LogP contribution < -0.4 is 5.73 Å². The lowest BCUT2D eigenvalue weighted by Crippen LogP contribution is -2.38. The molecule has 0 amide bonds. The average Bonchev–Trinajstić information content (AvgIpc) is 2.68. The molecule has 0 aliphatic rings. The Bertz CT molecular complexity index is 516. The fourth-order valence-electron chi connectivity index (χ4n) is 2.35. The van der Waals surface area contributed by atoms with Gasteiger partial charge in [0.1, 0.15) is 0 Å². The van der Waals surface area contributed by atoms with Crippen molar-refractivity contribution in [1.29, 1.82) is 0 Å². The Hall–Kier alpha value is -1.61. The van der Waals surface area contributed by atoms with Crippen LogP contribution in [0, 0.1) is 6.92 Å². The monoisotopic (exact) mass is 243 g/mol. The van der Waals surface area contributed by atoms with Crippen molar-refractivity contribution in [3.05, 3.63) is 53.3 Å². The topological polar surface area (TPSA) is 43.8 Å². The average molecular weight is 243 g/mol. The van der Waals surface area contributed by atoms with Gasteiger partial charge in [0.2, 0.25) is 0 Å². The third kappa shape index (κ3) is 2.46. The zero-order valence-corrected chi connectivity index (χ0v) is 11.4. The molecule has 0 bridgehead atoms. The van der Waals surface area contributed by atoms with Gasteiger partial charge in [0.25, 0.3) is 0 Å². The number of benzene rings is 1. The second-order valence-corrected chi connectivity index (χ2v) is 4.95. The molecular weight excluding hydrogens is 222 g/mol. The molecule has 1 aromatic heterocycles. The lowest BCUT2D eigenvalue weighted by molar-refractivity contribution is 0.412. The molecule has 0 radical (unpaired) electrons. The molecule has 0 aliphatic carbocycles. The third-order valence-electron chi connectivity index (χ3n) is 3.58. The number of nitrogens with zero attached hydrogens (tertiary/aromatic N) is 2. The van der Waals surface area contributed by atoms with Crippen molar-refractivity contribution >= 4 is 0 Å². The van der Waals surface area contributed by atoms with Crippen molar-refractivity contribution in [2.24, 2.45) is 12.8 Å². The normalized spacial score (nSPS) is 14.4. The van der Waals surface area contributed by atoms with Gasteiger partial charge in [-0.25, -0.2) is 0 Å². The van der Waals surface area contributed by atoms with Gasteiger partial charge in [-0.15, -0.1) is 0 Å². The van der Waals surface area contributed by atoms with E-state index in [1.54, 1.807) is 0 Å². The zero-order chi connectivity index (χ0) is 13.2. The van der Waals surface area contributed by atoms with E-state index in [4.69, 9.17) is 5.73 Å². The van der Waals surface area contributed by atoms with Crippen LogP contribution in [-0.4, -0.2) is 9.78 Å². The molecule has 3 nitrogen and oxygen atoms in total. The SMILES string of the molecule is CCC(N)(Cc1cc(C)nn1C)c1ccccc1. The van der Waals surface area contributed by atoms with Crippen molar-refractivity contribution in [3.63, 3.8) is 0 Å². The second-order valence-electron chi connectivity index (χ2n) is 4.95. The fourth-order valence-corrected chi connectivity index (χ4v) is 2.35. The van der Waals surface area contributed by atoms with Crippen LogP contribution >= 0.6 is 0 Å². The van der Waals surface area contributed by atoms with Crippen molar-refractivity contribution in [2.45, 2.75) is 32.2 Å². The summed E-state index contributed by atoms with van der Waals surface area (Å²) >= 11 is 0. The summed E-state index contributed by atoms with van der Waals surface area (Å²) in [6, 6.07) is 12.4. The lowest BCUT2D eigenvalue weighted by Gasteiger charge is -2.28. The summed E-state index contributed by atoms with van der Waals surface area (Å²) in [5.41, 5.74) is 9.68. The lowest BCUT2D eigenvalue weighted by atomic mass is 9.84. The molecule has 96 valence electrons. The first kappa shape index (κ1) is 12.8. The fraction of sp³-hybridized carbons (Fsp3) is 0.400. The maximum absolute atomic E-state index is 6.59. The van der Waals surface area contributed by atoms with Gasteiger partial charge in [-0.2, -0.15) is 5.10 Å². The van der Waals surface area contributed by atoms with E-state index in [-0.39, 0.29) is 5.54 Å². The Kier molecular flexibility index (Phi) is 3.53. The largest absolute Gasteiger partial charge is 0.321 e. The first-order valence-corrected chi connectivity index (χ1v) is 6.39. The molecule has 0 aliphatic heterocycles. The number of nitrogens with two attached hydrogens (primary N) is 1. The van der Waals surface area contributed by atoms with Crippen LogP contribution in [0.5, 0.6) is 0 Å². The highest BCUT2D eigenvalue weighted by molar-refractivity contribution is 5.26. The molecule has 0 fully saturated rings. The Morgan fingerprint density at radius 3 is 2.44 bits per heavy atom. The highest BCUT2D eigenvalue weighted by atomic mass is 15.3. The zero-order valence-electron chi connectivity index (χ0n) is 11.4. The van der Waals surface area contributed by atoms with E-state index in [1.807, 2.05) is 36.9 Å². The van der Waals surface area contributed by atoms with Gasteiger partial charge in [0.15, 0.2) is 0 Å². The van der Waals surface area contributed by atoms with Gasteiger partial charge < -0.3 is 5.73 Å². The molecule has 0 saturated carbocycles. The summed E-state index contributed by atoms with van der Waals surface area (Å²) in [4.78, 5) is 0. The minimum Gasteiger partial charge on any atom is -0.321 e. The van der Waals surface area contributed by atoms with E-state index in [1.165, 1.54) is 11.3 Å². The highest BCUT2D eigenvalue weighted by Gasteiger charge is 2.26. The molecule has 3 heteroatoms. The van der Waals surface area contributed by atoms with Crippen molar-refractivity contribution < 1.29 is 0 Å². The number of hydrogen-bond acceptors (Lipinski definition) is 2. The van der Waals surface area contributed by atoms with Crippen molar-refractivity contribution in [1.82, 2.24) is 9.78 Å². The van der Waals surface area contributed by atoms with E-state index >= 15 is 0 Å². The van der Waals surface area contributed by atoms with Crippen LogP contribution in [0.1, 0.15) is 30.3 Å². The Morgan fingerprint density at radius 2 is 1.94 bits per heavy atom. The molecule has 18 heavy (non-hydrogen) atoms. The molecule has 2 rings (SSSR count). The Morgan fingerprint density at radius 1 is 1.28 bits per heavy atom. The molecule has 1 atom stereocenters. The second kappa shape index (κ2) is 4.94. The minimum atomic E-state index is -0.318. The van der Waals surface area contributed by atoms with E-state index in [2.05, 4.69) is 30.2 Å². The summed E-state index contributed by atoms with van der Waals surface area (Å²) in [6.07, 6.45) is 1.71. The summed E-state index contributed by atoms with van der Waals surface area (Å²) in [5, 5.41) is 4.38. The quantitative estimate of drug-likeness (QED) is 0.896. The van der Waals surface area contributed by atoms with Gasteiger partial charge in [-0.05, 0) is 25.0 Å². The summed E-state index contributed by atoms with van der Waals surface area (Å²) in [7, 11) is 1.98. The highest BCUT2D eigenvalue weighted by Crippen LogP contribution is 2.26. The number of hydrogen-bond donors (Lipinski definition) is 1. The summed E-state index contributed by atoms with van der Waals surface area (Å²) in [5.74, 6) is 0. The van der Waals surface area contributed by atoms with E-state index < -0.39 is 0 Å². The predicted molar refractivity (Wildman–Crippen MR) is 74.2 cm³/mol. The maximum atomic E-state index is 6.59. The van der Waals surface area contributed by atoms with Gasteiger partial charge in [0, 0.05) is 24.7 Å². The molecule has 1 heterocycles. The molecule has 1 unspecified atom stereocenters. The van der Waals surface area contributed by atoms with Crippen LogP contribution in [0.15, 0.2) is 36.4 Å². The van der Waals surface area contributed by atoms with Crippen LogP contribution in [0.2, 0.25) is 0 Å². The van der Waals surface area contributed by atoms with Gasteiger partial charge >= 0.3 is 0 Å². The predicted octanol–water partition coefficient (Wildman–Crippen LogP) is 2.54. The first-order chi connectivity index (χ1) is 8.55. The molecule has 1 aromatic carbocycles. The van der Waals surface area contributed by atoms with E-state index in [9.17, 15) is 0 Å². The van der Waals surface area contributed by atoms with E-state index in [0.29, 0.717) is 0 Å². The van der Waals surface area contributed by atoms with Crippen LogP contribution in [0.4, 0.5) is 0 Å². The van der Waals surface area contributed by atoms with Crippen molar-refractivity contribution in [3.8, 4) is 0 Å². The first-order valence-electron chi connectivity index (χ1n) is 6.39. The number of rotatable bonds is 4. The van der Waals surface area contributed by atoms with Crippen LogP contribution in [0.25, 0.3) is 0 Å². The molecule has 2 aromatic rings. The van der Waals surface area contributed by atoms with Gasteiger partial charge in [-0.3, -0.25) is 4.68 Å². The Balaban J connectivity index is 2.32. The summed E-state index contributed by atoms with van der Waals surface area (Å²) < 4.78 is 1.93. The number of aryl methyl sites for hydroxylation is 2.